The number of hydrogen-bond donors (Lipinski definition) is 5. The first-order valence-corrected chi connectivity index (χ1v) is 12.9. The zero-order chi connectivity index (χ0) is 29.4. The van der Waals surface area contributed by atoms with Gasteiger partial charge in [0, 0.05) is 44.3 Å². The van der Waals surface area contributed by atoms with Gasteiger partial charge < -0.3 is 41.0 Å². The number of carbonyl (C=O) groups is 4. The van der Waals surface area contributed by atoms with Crippen molar-refractivity contribution in [3.05, 3.63) is 48.6 Å². The molecule has 12 nitrogen and oxygen atoms in total. The Hall–Kier alpha value is -3.96. The van der Waals surface area contributed by atoms with Crippen LogP contribution < -0.4 is 26.6 Å². The summed E-state index contributed by atoms with van der Waals surface area (Å²) in [5.74, 6) is 0. The van der Waals surface area contributed by atoms with Gasteiger partial charge in [-0.05, 0) is 47.1 Å². The molecule has 0 radical (unpaired) electrons. The Bertz CT molecular complexity index is 936. The molecule has 6 amide bonds. The smallest absolute Gasteiger partial charge is 0.407 e. The molecule has 1 aromatic rings. The summed E-state index contributed by atoms with van der Waals surface area (Å²) in [7, 11) is 0. The van der Waals surface area contributed by atoms with Crippen molar-refractivity contribution in [3.63, 3.8) is 0 Å². The first-order chi connectivity index (χ1) is 18.3. The Morgan fingerprint density at radius 1 is 0.897 bits per heavy atom. The van der Waals surface area contributed by atoms with Gasteiger partial charge in [-0.15, -0.1) is 0 Å². The quantitative estimate of drug-likeness (QED) is 0.239. The van der Waals surface area contributed by atoms with E-state index < -0.39 is 23.8 Å². The maximum atomic E-state index is 13.1. The number of amides is 6. The lowest BCUT2D eigenvalue weighted by Crippen LogP contribution is -2.53. The van der Waals surface area contributed by atoms with Crippen LogP contribution in [0.1, 0.15) is 47.1 Å². The number of urea groups is 2. The summed E-state index contributed by atoms with van der Waals surface area (Å²) in [4.78, 5) is 50.6. The number of ether oxygens (including phenoxy) is 2. The molecule has 0 aliphatic rings. The van der Waals surface area contributed by atoms with Crippen molar-refractivity contribution in [1.82, 2.24) is 31.5 Å². The van der Waals surface area contributed by atoms with E-state index in [2.05, 4.69) is 33.2 Å². The second-order valence-electron chi connectivity index (χ2n) is 10.2. The molecule has 0 saturated carbocycles. The minimum Gasteiger partial charge on any atom is -0.445 e. The van der Waals surface area contributed by atoms with Gasteiger partial charge in [-0.3, -0.25) is 0 Å². The second-order valence-corrected chi connectivity index (χ2v) is 10.2. The van der Waals surface area contributed by atoms with Crippen LogP contribution in [0.5, 0.6) is 0 Å². The van der Waals surface area contributed by atoms with Gasteiger partial charge in [0.25, 0.3) is 0 Å². The Balaban J connectivity index is 2.57. The second kappa shape index (κ2) is 16.8. The molecular formula is C27H44N6O6. The minimum atomic E-state index is -0.614. The van der Waals surface area contributed by atoms with Gasteiger partial charge in [-0.1, -0.05) is 43.0 Å². The van der Waals surface area contributed by atoms with Gasteiger partial charge in [0.2, 0.25) is 0 Å². The number of carbonyl (C=O) groups excluding carboxylic acids is 4. The van der Waals surface area contributed by atoms with E-state index >= 15 is 0 Å². The predicted molar refractivity (Wildman–Crippen MR) is 149 cm³/mol. The van der Waals surface area contributed by atoms with Crippen molar-refractivity contribution in [2.45, 2.75) is 71.8 Å². The largest absolute Gasteiger partial charge is 0.445 e. The van der Waals surface area contributed by atoms with E-state index in [-0.39, 0.29) is 50.4 Å². The van der Waals surface area contributed by atoms with Gasteiger partial charge in [0.05, 0.1) is 0 Å². The van der Waals surface area contributed by atoms with E-state index in [1.807, 2.05) is 37.3 Å². The summed E-state index contributed by atoms with van der Waals surface area (Å²) < 4.78 is 10.1. The first kappa shape index (κ1) is 33.1. The van der Waals surface area contributed by atoms with Crippen LogP contribution in [0.4, 0.5) is 19.2 Å². The Morgan fingerprint density at radius 2 is 1.51 bits per heavy atom. The van der Waals surface area contributed by atoms with E-state index in [0.29, 0.717) is 6.54 Å². The van der Waals surface area contributed by atoms with Gasteiger partial charge >= 0.3 is 24.2 Å². The number of alkyl carbamates (subject to hydrolysis) is 2. The molecule has 5 N–H and O–H groups in total. The summed E-state index contributed by atoms with van der Waals surface area (Å²) in [6, 6.07) is 7.60. The Labute approximate surface area is 231 Å². The van der Waals surface area contributed by atoms with Crippen LogP contribution >= 0.6 is 0 Å². The Morgan fingerprint density at radius 3 is 2.13 bits per heavy atom. The van der Waals surface area contributed by atoms with Gasteiger partial charge in [0.15, 0.2) is 0 Å². The predicted octanol–water partition coefficient (Wildman–Crippen LogP) is 3.10. The maximum Gasteiger partial charge on any atom is 0.407 e. The fourth-order valence-corrected chi connectivity index (χ4v) is 3.21. The zero-order valence-electron chi connectivity index (χ0n) is 23.8. The third-order valence-corrected chi connectivity index (χ3v) is 5.13. The highest BCUT2D eigenvalue weighted by Crippen LogP contribution is 2.09. The van der Waals surface area contributed by atoms with Crippen LogP contribution in [0.3, 0.4) is 0 Å². The van der Waals surface area contributed by atoms with Crippen LogP contribution in [0.2, 0.25) is 0 Å². The van der Waals surface area contributed by atoms with Crippen molar-refractivity contribution < 1.29 is 28.7 Å². The standard InChI is InChI=1S/C27H44N6O6/c1-8-14-38-25(36)30-17-21(4)33(18-22-12-10-9-11-13-22)24(35)29-16-19(2)31-23(34)28-15-20(3)32-26(37)39-27(5,6)7/h8-13,19-21H,1,14-18H2,2-7H3,(H,29,35)(H,30,36)(H,32,37)(H2,28,31,34)/t19-,20?,21?/m0/s1. The molecule has 0 heterocycles. The summed E-state index contributed by atoms with van der Waals surface area (Å²) in [5.41, 5.74) is 0.310. The van der Waals surface area contributed by atoms with Crippen molar-refractivity contribution in [2.24, 2.45) is 0 Å². The van der Waals surface area contributed by atoms with E-state index in [4.69, 9.17) is 9.47 Å². The number of nitrogens with one attached hydrogen (secondary N) is 5. The summed E-state index contributed by atoms with van der Waals surface area (Å²) in [6.45, 7) is 15.1. The van der Waals surface area contributed by atoms with Crippen molar-refractivity contribution in [2.75, 3.05) is 26.2 Å². The fraction of sp³-hybridized carbons (Fsp3) is 0.556. The molecule has 0 aliphatic heterocycles. The van der Waals surface area contributed by atoms with E-state index in [9.17, 15) is 19.2 Å². The van der Waals surface area contributed by atoms with Crippen molar-refractivity contribution in [3.8, 4) is 0 Å². The molecule has 218 valence electrons. The van der Waals surface area contributed by atoms with Crippen molar-refractivity contribution in [1.29, 1.82) is 0 Å². The number of hydrogen-bond acceptors (Lipinski definition) is 6. The first-order valence-electron chi connectivity index (χ1n) is 12.9. The highest BCUT2D eigenvalue weighted by atomic mass is 16.6. The van der Waals surface area contributed by atoms with E-state index in [0.717, 1.165) is 5.56 Å². The number of benzene rings is 1. The highest BCUT2D eigenvalue weighted by molar-refractivity contribution is 5.76. The monoisotopic (exact) mass is 548 g/mol. The lowest BCUT2D eigenvalue weighted by molar-refractivity contribution is 0.0508. The number of rotatable bonds is 13. The van der Waals surface area contributed by atoms with Gasteiger partial charge in [-0.2, -0.15) is 0 Å². The average Bonchev–Trinajstić information content (AvgIpc) is 2.86. The summed E-state index contributed by atoms with van der Waals surface area (Å²) in [6.07, 6.45) is 0.308. The Kier molecular flexibility index (Phi) is 14.2. The van der Waals surface area contributed by atoms with Crippen LogP contribution in [-0.2, 0) is 16.0 Å². The maximum absolute atomic E-state index is 13.1. The molecule has 0 spiro atoms. The molecule has 0 aromatic heterocycles. The third kappa shape index (κ3) is 15.1. The molecule has 39 heavy (non-hydrogen) atoms. The van der Waals surface area contributed by atoms with E-state index in [1.165, 1.54) is 6.08 Å². The highest BCUT2D eigenvalue weighted by Gasteiger charge is 2.22. The SMILES string of the molecule is C=CCOC(=O)NCC(C)N(Cc1ccccc1)C(=O)NC[C@H](C)NC(=O)NCC(C)NC(=O)OC(C)(C)C. The average molecular weight is 549 g/mol. The topological polar surface area (TPSA) is 150 Å². The van der Waals surface area contributed by atoms with Crippen LogP contribution in [0, 0.1) is 0 Å². The van der Waals surface area contributed by atoms with Gasteiger partial charge in [-0.25, -0.2) is 19.2 Å². The summed E-state index contributed by atoms with van der Waals surface area (Å²) >= 11 is 0. The van der Waals surface area contributed by atoms with Gasteiger partial charge in [0.1, 0.15) is 12.2 Å². The molecule has 3 atom stereocenters. The molecule has 2 unspecified atom stereocenters. The molecule has 12 heteroatoms. The lowest BCUT2D eigenvalue weighted by atomic mass is 10.2. The van der Waals surface area contributed by atoms with Crippen molar-refractivity contribution >= 4 is 24.2 Å². The molecule has 0 fully saturated rings. The van der Waals surface area contributed by atoms with E-state index in [1.54, 1.807) is 39.5 Å². The molecule has 0 aliphatic carbocycles. The van der Waals surface area contributed by atoms with Crippen LogP contribution in [0.15, 0.2) is 43.0 Å². The summed E-state index contributed by atoms with van der Waals surface area (Å²) in [5, 5.41) is 13.6. The molecule has 0 bridgehead atoms. The minimum absolute atomic E-state index is 0.0893. The molecule has 1 rings (SSSR count). The van der Waals surface area contributed by atoms with Crippen LogP contribution in [0.25, 0.3) is 0 Å². The van der Waals surface area contributed by atoms with Crippen LogP contribution in [-0.4, -0.2) is 79.1 Å². The fourth-order valence-electron chi connectivity index (χ4n) is 3.21. The molecule has 0 saturated heterocycles. The lowest BCUT2D eigenvalue weighted by Gasteiger charge is -2.30. The molecular weight excluding hydrogens is 504 g/mol. The molecule has 1 aromatic carbocycles. The zero-order valence-corrected chi connectivity index (χ0v) is 23.8. The third-order valence-electron chi connectivity index (χ3n) is 5.13. The normalized spacial score (nSPS) is 13.1. The number of nitrogens with zero attached hydrogens (tertiary/aromatic N) is 1.